The molecular weight excluding hydrogens is 505 g/mol. The molecule has 40 heavy (non-hydrogen) atoms. The molecule has 1 amide bonds. The number of carbonyl (C=O) groups excluding carboxylic acids is 2. The number of methoxy groups -OCH3 is 1. The smallest absolute Gasteiger partial charge is 0.330 e. The van der Waals surface area contributed by atoms with Crippen LogP contribution in [0.4, 0.5) is 10.1 Å². The number of anilines is 1. The van der Waals surface area contributed by atoms with Gasteiger partial charge in [0.05, 0.1) is 25.4 Å². The molecule has 4 aromatic rings. The molecule has 1 heterocycles. The zero-order valence-corrected chi connectivity index (χ0v) is 22.7. The van der Waals surface area contributed by atoms with Crippen LogP contribution in [0.1, 0.15) is 36.8 Å². The summed E-state index contributed by atoms with van der Waals surface area (Å²) in [6, 6.07) is 18.6. The van der Waals surface area contributed by atoms with E-state index in [2.05, 4.69) is 5.10 Å². The molecule has 204 valence electrons. The van der Waals surface area contributed by atoms with Crippen molar-refractivity contribution in [1.82, 2.24) is 9.78 Å². The first-order valence-electron chi connectivity index (χ1n) is 13.8. The Bertz CT molecular complexity index is 1620. The normalized spacial score (nSPS) is 19.9. The first kappa shape index (κ1) is 26.0. The summed E-state index contributed by atoms with van der Waals surface area (Å²) in [7, 11) is 3.22. The number of halogens is 1. The molecule has 2 fully saturated rings. The van der Waals surface area contributed by atoms with Crippen molar-refractivity contribution in [3.05, 3.63) is 89.9 Å². The van der Waals surface area contributed by atoms with Crippen LogP contribution in [0.15, 0.2) is 72.9 Å². The second kappa shape index (κ2) is 10.7. The van der Waals surface area contributed by atoms with E-state index in [1.165, 1.54) is 19.6 Å². The maximum atomic E-state index is 15.6. The Kier molecular flexibility index (Phi) is 6.96. The van der Waals surface area contributed by atoms with Gasteiger partial charge >= 0.3 is 5.97 Å². The van der Waals surface area contributed by atoms with Gasteiger partial charge in [0.1, 0.15) is 5.82 Å². The molecule has 2 aliphatic rings. The molecule has 0 unspecified atom stereocenters. The molecule has 6 nitrogen and oxygen atoms in total. The van der Waals surface area contributed by atoms with Gasteiger partial charge in [-0.15, -0.1) is 0 Å². The summed E-state index contributed by atoms with van der Waals surface area (Å²) >= 11 is 0. The molecule has 6 rings (SSSR count). The molecule has 0 aliphatic heterocycles. The predicted molar refractivity (Wildman–Crippen MR) is 154 cm³/mol. The molecule has 3 aromatic carbocycles. The third-order valence-electron chi connectivity index (χ3n) is 8.58. The number of aryl methyl sites for hydroxylation is 1. The lowest BCUT2D eigenvalue weighted by Gasteiger charge is -2.30. The van der Waals surface area contributed by atoms with Crippen LogP contribution in [-0.4, -0.2) is 28.8 Å². The van der Waals surface area contributed by atoms with Gasteiger partial charge in [-0.3, -0.25) is 9.48 Å². The number of ether oxygens (including phenoxy) is 1. The molecule has 0 N–H and O–H groups in total. The van der Waals surface area contributed by atoms with E-state index in [1.807, 2.05) is 60.3 Å². The fraction of sp³-hybridized carbons (Fsp3) is 0.303. The number of aromatic nitrogens is 2. The van der Waals surface area contributed by atoms with Crippen LogP contribution in [0.5, 0.6) is 0 Å². The molecule has 7 heteroatoms. The molecule has 0 radical (unpaired) electrons. The second-order valence-corrected chi connectivity index (χ2v) is 11.0. The third-order valence-corrected chi connectivity index (χ3v) is 8.58. The molecule has 2 aliphatic carbocycles. The van der Waals surface area contributed by atoms with Gasteiger partial charge in [-0.1, -0.05) is 36.8 Å². The topological polar surface area (TPSA) is 64.4 Å². The number of fused-ring (bicyclic) bond motifs is 3. The standard InChI is InChI=1S/C33H32FN3O3/c1-36-31-12-11-23(17-27(31)19-35-36)24-9-10-26(30(34)18-24)20-37(33(39)29-16-22-6-8-25(29)14-22)28-5-3-4-21(15-28)7-13-32(38)40-2/h3-5,7,9-13,15,17-19,22,25,29H,6,8,14,16,20H2,1-2H3/b13-7+/t22-,25+,29-/m1/s1. The number of esters is 1. The van der Waals surface area contributed by atoms with E-state index in [-0.39, 0.29) is 24.2 Å². The van der Waals surface area contributed by atoms with Gasteiger partial charge in [-0.05, 0) is 84.2 Å². The van der Waals surface area contributed by atoms with E-state index in [0.717, 1.165) is 46.9 Å². The fourth-order valence-corrected chi connectivity index (χ4v) is 6.44. The summed E-state index contributed by atoms with van der Waals surface area (Å²) in [6.07, 6.45) is 9.10. The quantitative estimate of drug-likeness (QED) is 0.199. The van der Waals surface area contributed by atoms with E-state index in [9.17, 15) is 9.59 Å². The number of rotatable bonds is 7. The summed E-state index contributed by atoms with van der Waals surface area (Å²) in [5.74, 6) is 0.218. The van der Waals surface area contributed by atoms with Crippen molar-refractivity contribution < 1.29 is 18.7 Å². The van der Waals surface area contributed by atoms with Crippen molar-refractivity contribution in [3.8, 4) is 11.1 Å². The van der Waals surface area contributed by atoms with E-state index < -0.39 is 5.97 Å². The lowest BCUT2D eigenvalue weighted by molar-refractivity contribution is -0.134. The zero-order chi connectivity index (χ0) is 27.8. The highest BCUT2D eigenvalue weighted by Crippen LogP contribution is 2.49. The van der Waals surface area contributed by atoms with Crippen molar-refractivity contribution >= 4 is 34.5 Å². The van der Waals surface area contributed by atoms with Crippen molar-refractivity contribution in [1.29, 1.82) is 0 Å². The van der Waals surface area contributed by atoms with Crippen LogP contribution in [0.3, 0.4) is 0 Å². The van der Waals surface area contributed by atoms with E-state index >= 15 is 4.39 Å². The van der Waals surface area contributed by atoms with Gasteiger partial charge in [-0.2, -0.15) is 5.10 Å². The van der Waals surface area contributed by atoms with Gasteiger partial charge in [-0.25, -0.2) is 9.18 Å². The van der Waals surface area contributed by atoms with Crippen molar-refractivity contribution in [2.75, 3.05) is 12.0 Å². The number of hydrogen-bond acceptors (Lipinski definition) is 4. The summed E-state index contributed by atoms with van der Waals surface area (Å²) in [6.45, 7) is 0.130. The Balaban J connectivity index is 1.31. The number of nitrogens with zero attached hydrogens (tertiary/aromatic N) is 3. The van der Waals surface area contributed by atoms with Crippen molar-refractivity contribution in [2.24, 2.45) is 24.8 Å². The van der Waals surface area contributed by atoms with Gasteiger partial charge < -0.3 is 9.64 Å². The fourth-order valence-electron chi connectivity index (χ4n) is 6.44. The van der Waals surface area contributed by atoms with Crippen molar-refractivity contribution in [3.63, 3.8) is 0 Å². The van der Waals surface area contributed by atoms with E-state index in [4.69, 9.17) is 4.74 Å². The molecule has 1 aromatic heterocycles. The molecule has 0 saturated heterocycles. The monoisotopic (exact) mass is 537 g/mol. The molecule has 0 spiro atoms. The highest BCUT2D eigenvalue weighted by Gasteiger charge is 2.44. The first-order valence-corrected chi connectivity index (χ1v) is 13.8. The van der Waals surface area contributed by atoms with Gasteiger partial charge in [0.2, 0.25) is 5.91 Å². The molecule has 2 bridgehead atoms. The number of carbonyl (C=O) groups is 2. The summed E-state index contributed by atoms with van der Waals surface area (Å²) in [4.78, 5) is 27.3. The average molecular weight is 538 g/mol. The van der Waals surface area contributed by atoms with E-state index in [1.54, 1.807) is 29.3 Å². The van der Waals surface area contributed by atoms with Crippen LogP contribution in [0, 0.1) is 23.6 Å². The summed E-state index contributed by atoms with van der Waals surface area (Å²) in [5, 5.41) is 5.29. The Hall–Kier alpha value is -4.26. The van der Waals surface area contributed by atoms with E-state index in [0.29, 0.717) is 23.1 Å². The van der Waals surface area contributed by atoms with Gasteiger partial charge in [0.25, 0.3) is 0 Å². The minimum atomic E-state index is -0.454. The predicted octanol–water partition coefficient (Wildman–Crippen LogP) is 6.54. The number of hydrogen-bond donors (Lipinski definition) is 0. The first-order chi connectivity index (χ1) is 19.4. The van der Waals surface area contributed by atoms with Crippen LogP contribution in [0.25, 0.3) is 28.1 Å². The Morgan fingerprint density at radius 3 is 2.65 bits per heavy atom. The van der Waals surface area contributed by atoms with Gasteiger partial charge in [0, 0.05) is 35.7 Å². The van der Waals surface area contributed by atoms with Crippen LogP contribution in [-0.2, 0) is 27.9 Å². The lowest BCUT2D eigenvalue weighted by atomic mass is 9.87. The van der Waals surface area contributed by atoms with Gasteiger partial charge in [0.15, 0.2) is 0 Å². The van der Waals surface area contributed by atoms with Crippen molar-refractivity contribution in [2.45, 2.75) is 32.2 Å². The Morgan fingerprint density at radius 2 is 1.90 bits per heavy atom. The maximum absolute atomic E-state index is 15.6. The SMILES string of the molecule is COC(=O)/C=C/c1cccc(N(Cc2ccc(-c3ccc4c(cnn4C)c3)cc2F)C(=O)[C@@H]2C[C@@H]3CC[C@H]2C3)c1. The Labute approximate surface area is 233 Å². The summed E-state index contributed by atoms with van der Waals surface area (Å²) in [5.41, 5.74) is 4.59. The van der Waals surface area contributed by atoms with Crippen LogP contribution < -0.4 is 4.90 Å². The highest BCUT2D eigenvalue weighted by atomic mass is 19.1. The largest absolute Gasteiger partial charge is 0.466 e. The second-order valence-electron chi connectivity index (χ2n) is 11.0. The summed E-state index contributed by atoms with van der Waals surface area (Å²) < 4.78 is 22.1. The Morgan fingerprint density at radius 1 is 1.07 bits per heavy atom. The van der Waals surface area contributed by atoms with Crippen LogP contribution >= 0.6 is 0 Å². The number of amides is 1. The highest BCUT2D eigenvalue weighted by molar-refractivity contribution is 5.96. The lowest BCUT2D eigenvalue weighted by Crippen LogP contribution is -2.38. The zero-order valence-electron chi connectivity index (χ0n) is 22.7. The third kappa shape index (κ3) is 5.04. The molecule has 3 atom stereocenters. The molecule has 2 saturated carbocycles. The van der Waals surface area contributed by atoms with Crippen LogP contribution in [0.2, 0.25) is 0 Å². The minimum Gasteiger partial charge on any atom is -0.466 e. The number of benzene rings is 3. The maximum Gasteiger partial charge on any atom is 0.330 e. The average Bonchev–Trinajstić information content (AvgIpc) is 3.71. The minimum absolute atomic E-state index is 0.0402. The molecular formula is C33H32FN3O3.